The van der Waals surface area contributed by atoms with Crippen LogP contribution in [0.1, 0.15) is 6.92 Å². The highest BCUT2D eigenvalue weighted by Crippen LogP contribution is 2.28. The van der Waals surface area contributed by atoms with Crippen LogP contribution >= 0.6 is 0 Å². The van der Waals surface area contributed by atoms with Gasteiger partial charge in [-0.3, -0.25) is 4.79 Å². The number of rotatable bonds is 5. The Morgan fingerprint density at radius 1 is 1.30 bits per heavy atom. The molecule has 1 heterocycles. The number of ether oxygens (including phenoxy) is 4. The summed E-state index contributed by atoms with van der Waals surface area (Å²) in [6, 6.07) is -1.09. The van der Waals surface area contributed by atoms with E-state index in [2.05, 4.69) is 10.0 Å². The monoisotopic (exact) mass is 289 g/mol. The zero-order valence-corrected chi connectivity index (χ0v) is 11.1. The molecule has 1 rings (SSSR count). The molecule has 1 aliphatic rings. The Morgan fingerprint density at radius 3 is 2.35 bits per heavy atom. The lowest BCUT2D eigenvalue weighted by Crippen LogP contribution is -2.61. The van der Waals surface area contributed by atoms with Crippen molar-refractivity contribution in [3.05, 3.63) is 10.4 Å². The molecule has 10 heteroatoms. The average molecular weight is 289 g/mol. The summed E-state index contributed by atoms with van der Waals surface area (Å²) in [4.78, 5) is 24.9. The van der Waals surface area contributed by atoms with Crippen molar-refractivity contribution < 1.29 is 33.6 Å². The lowest BCUT2D eigenvalue weighted by molar-refractivity contribution is -0.269. The molecular formula is C10H15N3O7. The summed E-state index contributed by atoms with van der Waals surface area (Å²) in [5.74, 6) is -1.96. The number of carboxylic acid groups (broad SMARTS) is 1. The second-order valence-electron chi connectivity index (χ2n) is 3.97. The van der Waals surface area contributed by atoms with Crippen molar-refractivity contribution in [3.63, 3.8) is 0 Å². The van der Waals surface area contributed by atoms with E-state index < -0.39 is 42.6 Å². The summed E-state index contributed by atoms with van der Waals surface area (Å²) in [5.41, 5.74) is 8.60. The van der Waals surface area contributed by atoms with Gasteiger partial charge >= 0.3 is 11.9 Å². The Hall–Kier alpha value is -1.87. The van der Waals surface area contributed by atoms with Crippen LogP contribution in [0.2, 0.25) is 0 Å². The van der Waals surface area contributed by atoms with Crippen molar-refractivity contribution in [1.29, 1.82) is 0 Å². The zero-order chi connectivity index (χ0) is 15.3. The number of methoxy groups -OCH3 is 2. The Balaban J connectivity index is 3.16. The topological polar surface area (TPSA) is 140 Å². The number of carboxylic acids is 1. The van der Waals surface area contributed by atoms with Crippen LogP contribution in [0.25, 0.3) is 10.4 Å². The first-order valence-electron chi connectivity index (χ1n) is 5.61. The third-order valence-corrected chi connectivity index (χ3v) is 2.76. The predicted molar refractivity (Wildman–Crippen MR) is 62.6 cm³/mol. The molecule has 0 aromatic heterocycles. The SMILES string of the molecule is COC1O[C@H](C(=O)O)[C@@H](OC)[C@H](N=[N+]=[N-])[C@H]1OC(C)=O. The molecule has 1 aliphatic heterocycles. The van der Waals surface area contributed by atoms with Crippen LogP contribution < -0.4 is 0 Å². The summed E-state index contributed by atoms with van der Waals surface area (Å²) in [7, 11) is 2.49. The molecule has 0 saturated carbocycles. The van der Waals surface area contributed by atoms with E-state index in [0.717, 1.165) is 6.92 Å². The highest BCUT2D eigenvalue weighted by Gasteiger charge is 2.50. The summed E-state index contributed by atoms with van der Waals surface area (Å²) in [6.07, 6.45) is -4.80. The Labute approximate surface area is 114 Å². The summed E-state index contributed by atoms with van der Waals surface area (Å²) in [6.45, 7) is 1.16. The maximum absolute atomic E-state index is 11.2. The van der Waals surface area contributed by atoms with Gasteiger partial charge in [0.1, 0.15) is 12.1 Å². The van der Waals surface area contributed by atoms with Crippen molar-refractivity contribution >= 4 is 11.9 Å². The number of aliphatic carboxylic acids is 1. The highest BCUT2D eigenvalue weighted by atomic mass is 16.7. The maximum atomic E-state index is 11.2. The van der Waals surface area contributed by atoms with Gasteiger partial charge in [-0.15, -0.1) is 0 Å². The molecule has 10 nitrogen and oxygen atoms in total. The molecule has 0 bridgehead atoms. The van der Waals surface area contributed by atoms with Gasteiger partial charge in [-0.05, 0) is 5.53 Å². The van der Waals surface area contributed by atoms with Gasteiger partial charge in [0, 0.05) is 26.1 Å². The molecule has 1 N–H and O–H groups in total. The van der Waals surface area contributed by atoms with Gasteiger partial charge in [0.05, 0.1) is 0 Å². The largest absolute Gasteiger partial charge is 0.479 e. The van der Waals surface area contributed by atoms with Crippen LogP contribution in [0.15, 0.2) is 5.11 Å². The molecular weight excluding hydrogens is 274 g/mol. The second-order valence-corrected chi connectivity index (χ2v) is 3.97. The summed E-state index contributed by atoms with van der Waals surface area (Å²) < 4.78 is 20.1. The molecule has 1 unspecified atom stereocenters. The number of hydrogen-bond acceptors (Lipinski definition) is 7. The van der Waals surface area contributed by atoms with E-state index in [4.69, 9.17) is 29.6 Å². The molecule has 0 aromatic rings. The lowest BCUT2D eigenvalue weighted by atomic mass is 9.96. The van der Waals surface area contributed by atoms with Gasteiger partial charge in [0.25, 0.3) is 0 Å². The second kappa shape index (κ2) is 7.06. The van der Waals surface area contributed by atoms with Gasteiger partial charge in [-0.1, -0.05) is 5.11 Å². The van der Waals surface area contributed by atoms with Gasteiger partial charge in [0.15, 0.2) is 18.5 Å². The number of nitrogens with zero attached hydrogens (tertiary/aromatic N) is 3. The molecule has 5 atom stereocenters. The van der Waals surface area contributed by atoms with Crippen molar-refractivity contribution in [2.45, 2.75) is 37.6 Å². The first-order valence-corrected chi connectivity index (χ1v) is 5.61. The molecule has 20 heavy (non-hydrogen) atoms. The normalized spacial score (nSPS) is 33.0. The van der Waals surface area contributed by atoms with Gasteiger partial charge in [-0.25, -0.2) is 4.79 Å². The van der Waals surface area contributed by atoms with E-state index >= 15 is 0 Å². The Kier molecular flexibility index (Phi) is 5.71. The molecule has 1 fully saturated rings. The standard InChI is InChI=1S/C10H15N3O7/c1-4(14)19-7-5(12-13-11)6(17-2)8(9(15)16)20-10(7)18-3/h5-8,10H,1-3H3,(H,15,16)/t5-,6-,7+,8-,10?/m0/s1. The first kappa shape index (κ1) is 16.2. The number of carbonyl (C=O) groups excluding carboxylic acids is 1. The van der Waals surface area contributed by atoms with Crippen molar-refractivity contribution in [2.24, 2.45) is 5.11 Å². The minimum absolute atomic E-state index is 0.651. The van der Waals surface area contributed by atoms with Crippen LogP contribution in [0.4, 0.5) is 0 Å². The highest BCUT2D eigenvalue weighted by molar-refractivity contribution is 5.73. The fourth-order valence-corrected chi connectivity index (χ4v) is 1.99. The Morgan fingerprint density at radius 2 is 1.95 bits per heavy atom. The van der Waals surface area contributed by atoms with E-state index in [1.54, 1.807) is 0 Å². The molecule has 0 spiro atoms. The van der Waals surface area contributed by atoms with Crippen LogP contribution in [0.5, 0.6) is 0 Å². The van der Waals surface area contributed by atoms with E-state index in [9.17, 15) is 9.59 Å². The molecule has 0 aliphatic carbocycles. The van der Waals surface area contributed by atoms with Crippen molar-refractivity contribution in [1.82, 2.24) is 0 Å². The summed E-state index contributed by atoms with van der Waals surface area (Å²) in [5, 5.41) is 12.6. The van der Waals surface area contributed by atoms with E-state index in [1.807, 2.05) is 0 Å². The number of azide groups is 1. The molecule has 0 amide bonds. The fourth-order valence-electron chi connectivity index (χ4n) is 1.99. The van der Waals surface area contributed by atoms with Crippen molar-refractivity contribution in [2.75, 3.05) is 14.2 Å². The molecule has 112 valence electrons. The quantitative estimate of drug-likeness (QED) is 0.326. The van der Waals surface area contributed by atoms with Crippen LogP contribution in [0.3, 0.4) is 0 Å². The van der Waals surface area contributed by atoms with Gasteiger partial charge in [0.2, 0.25) is 0 Å². The zero-order valence-electron chi connectivity index (χ0n) is 11.1. The maximum Gasteiger partial charge on any atom is 0.335 e. The molecule has 0 radical (unpaired) electrons. The molecule has 0 aromatic carbocycles. The van der Waals surface area contributed by atoms with E-state index in [0.29, 0.717) is 0 Å². The predicted octanol–water partition coefficient (Wildman–Crippen LogP) is 0.0679. The minimum Gasteiger partial charge on any atom is -0.479 e. The third-order valence-electron chi connectivity index (χ3n) is 2.76. The van der Waals surface area contributed by atoms with Gasteiger partial charge in [-0.2, -0.15) is 0 Å². The minimum atomic E-state index is -1.41. The number of esters is 1. The molecule has 1 saturated heterocycles. The van der Waals surface area contributed by atoms with Crippen molar-refractivity contribution in [3.8, 4) is 0 Å². The van der Waals surface area contributed by atoms with Crippen LogP contribution in [0, 0.1) is 0 Å². The van der Waals surface area contributed by atoms with E-state index in [1.165, 1.54) is 14.2 Å². The van der Waals surface area contributed by atoms with E-state index in [-0.39, 0.29) is 0 Å². The number of hydrogen-bond donors (Lipinski definition) is 1. The fraction of sp³-hybridized carbons (Fsp3) is 0.800. The Bertz CT molecular complexity index is 423. The first-order chi connectivity index (χ1) is 9.46. The van der Waals surface area contributed by atoms with Gasteiger partial charge < -0.3 is 24.1 Å². The third kappa shape index (κ3) is 3.36. The lowest BCUT2D eigenvalue weighted by Gasteiger charge is -2.41. The summed E-state index contributed by atoms with van der Waals surface area (Å²) >= 11 is 0. The van der Waals surface area contributed by atoms with Crippen LogP contribution in [-0.4, -0.2) is 61.9 Å². The van der Waals surface area contributed by atoms with Crippen LogP contribution in [-0.2, 0) is 28.5 Å². The number of carbonyl (C=O) groups is 2. The average Bonchev–Trinajstić information content (AvgIpc) is 2.39. The smallest absolute Gasteiger partial charge is 0.335 e.